The molecule has 3 atom stereocenters. The van der Waals surface area contributed by atoms with Gasteiger partial charge in [0, 0.05) is 24.2 Å². The number of aliphatic hydroxyl groups excluding tert-OH is 1. The molecule has 0 radical (unpaired) electrons. The van der Waals surface area contributed by atoms with Gasteiger partial charge in [0.05, 0.1) is 24.9 Å². The van der Waals surface area contributed by atoms with E-state index in [4.69, 9.17) is 9.47 Å². The van der Waals surface area contributed by atoms with Gasteiger partial charge in [0.25, 0.3) is 0 Å². The average molecular weight is 320 g/mol. The molecule has 1 aromatic carbocycles. The van der Waals surface area contributed by atoms with Gasteiger partial charge in [-0.3, -0.25) is 0 Å². The van der Waals surface area contributed by atoms with Gasteiger partial charge in [-0.05, 0) is 38.5 Å². The van der Waals surface area contributed by atoms with E-state index in [1.165, 1.54) is 0 Å². The number of hydrogen-bond donors (Lipinski definition) is 3. The Balaban J connectivity index is 1.66. The fourth-order valence-electron chi connectivity index (χ4n) is 2.97. The lowest BCUT2D eigenvalue weighted by molar-refractivity contribution is -0.0672. The van der Waals surface area contributed by atoms with E-state index in [9.17, 15) is 9.90 Å². The van der Waals surface area contributed by atoms with Gasteiger partial charge in [0.15, 0.2) is 0 Å². The molecule has 0 spiro atoms. The lowest BCUT2D eigenvalue weighted by atomic mass is 9.89. The number of carbonyl (C=O) groups is 1. The SMILES string of the molecule is CC(C)(C)OC(=O)NCc1ccc2c(c1)[C@@H]1C[C@H](N2)C(O)CO1. The Morgan fingerprint density at radius 3 is 3.00 bits per heavy atom. The zero-order chi connectivity index (χ0) is 16.6. The third kappa shape index (κ3) is 3.76. The number of amides is 1. The van der Waals surface area contributed by atoms with Crippen LogP contribution in [0.3, 0.4) is 0 Å². The summed E-state index contributed by atoms with van der Waals surface area (Å²) < 4.78 is 11.0. The van der Waals surface area contributed by atoms with Gasteiger partial charge in [0.2, 0.25) is 0 Å². The van der Waals surface area contributed by atoms with Gasteiger partial charge in [0.1, 0.15) is 5.60 Å². The van der Waals surface area contributed by atoms with E-state index in [1.54, 1.807) is 0 Å². The monoisotopic (exact) mass is 320 g/mol. The number of benzene rings is 1. The molecule has 3 N–H and O–H groups in total. The number of anilines is 1. The number of hydrogen-bond acceptors (Lipinski definition) is 5. The molecule has 6 heteroatoms. The molecule has 0 aliphatic carbocycles. The quantitative estimate of drug-likeness (QED) is 0.779. The summed E-state index contributed by atoms with van der Waals surface area (Å²) >= 11 is 0. The maximum atomic E-state index is 11.7. The minimum atomic E-state index is -0.504. The van der Waals surface area contributed by atoms with Crippen LogP contribution in [0.1, 0.15) is 44.4 Å². The highest BCUT2D eigenvalue weighted by atomic mass is 16.6. The van der Waals surface area contributed by atoms with Gasteiger partial charge >= 0.3 is 6.09 Å². The van der Waals surface area contributed by atoms with Crippen LogP contribution in [-0.2, 0) is 16.0 Å². The van der Waals surface area contributed by atoms with Gasteiger partial charge in [-0.15, -0.1) is 0 Å². The molecule has 2 bridgehead atoms. The van der Waals surface area contributed by atoms with Crippen LogP contribution in [0.25, 0.3) is 0 Å². The Morgan fingerprint density at radius 1 is 1.48 bits per heavy atom. The van der Waals surface area contributed by atoms with Crippen LogP contribution in [0.5, 0.6) is 0 Å². The van der Waals surface area contributed by atoms with Gasteiger partial charge < -0.3 is 25.2 Å². The minimum Gasteiger partial charge on any atom is -0.444 e. The molecule has 126 valence electrons. The van der Waals surface area contributed by atoms with Crippen molar-refractivity contribution < 1.29 is 19.4 Å². The first kappa shape index (κ1) is 16.1. The second kappa shape index (κ2) is 6.02. The smallest absolute Gasteiger partial charge is 0.407 e. The number of carbonyl (C=O) groups excluding carboxylic acids is 1. The molecule has 6 nitrogen and oxygen atoms in total. The van der Waals surface area contributed by atoms with Crippen LogP contribution < -0.4 is 10.6 Å². The number of ether oxygens (including phenoxy) is 2. The number of nitrogens with one attached hydrogen (secondary N) is 2. The van der Waals surface area contributed by atoms with Crippen LogP contribution in [-0.4, -0.2) is 35.6 Å². The average Bonchev–Trinajstić information content (AvgIpc) is 2.47. The molecule has 1 fully saturated rings. The third-order valence-electron chi connectivity index (χ3n) is 4.04. The Morgan fingerprint density at radius 2 is 2.26 bits per heavy atom. The molecule has 1 amide bonds. The Bertz CT molecular complexity index is 597. The Labute approximate surface area is 136 Å². The second-order valence-electron chi connectivity index (χ2n) is 7.15. The lowest BCUT2D eigenvalue weighted by Crippen LogP contribution is -2.46. The standard InChI is InChI=1S/C17H24N2O4/c1-17(2,3)23-16(21)18-8-10-4-5-12-11(6-10)15-7-13(19-12)14(20)9-22-15/h4-6,13-15,19-20H,7-9H2,1-3H3,(H,18,21)/t13-,14?,15-/m0/s1. The number of fused-ring (bicyclic) bond motifs is 4. The molecule has 2 heterocycles. The van der Waals surface area contributed by atoms with Crippen LogP contribution in [0.4, 0.5) is 10.5 Å². The molecule has 0 saturated carbocycles. The van der Waals surface area contributed by atoms with Crippen LogP contribution in [0, 0.1) is 0 Å². The van der Waals surface area contributed by atoms with Crippen molar-refractivity contribution in [2.75, 3.05) is 11.9 Å². The van der Waals surface area contributed by atoms with Crippen LogP contribution in [0.15, 0.2) is 18.2 Å². The van der Waals surface area contributed by atoms with E-state index in [0.29, 0.717) is 13.2 Å². The number of rotatable bonds is 2. The largest absolute Gasteiger partial charge is 0.444 e. The minimum absolute atomic E-state index is 0.00104. The fourth-order valence-corrected chi connectivity index (χ4v) is 2.97. The van der Waals surface area contributed by atoms with Crippen molar-refractivity contribution in [1.82, 2.24) is 5.32 Å². The van der Waals surface area contributed by atoms with Crippen LogP contribution >= 0.6 is 0 Å². The van der Waals surface area contributed by atoms with Crippen molar-refractivity contribution in [3.8, 4) is 0 Å². The summed E-state index contributed by atoms with van der Waals surface area (Å²) in [6.45, 7) is 6.26. The predicted molar refractivity (Wildman–Crippen MR) is 86.2 cm³/mol. The van der Waals surface area contributed by atoms with E-state index in [0.717, 1.165) is 23.2 Å². The molecule has 0 aromatic heterocycles. The molecule has 23 heavy (non-hydrogen) atoms. The third-order valence-corrected chi connectivity index (χ3v) is 4.04. The summed E-state index contributed by atoms with van der Waals surface area (Å²) in [4.78, 5) is 11.7. The van der Waals surface area contributed by atoms with E-state index in [2.05, 4.69) is 10.6 Å². The summed E-state index contributed by atoms with van der Waals surface area (Å²) in [7, 11) is 0. The Kier molecular flexibility index (Phi) is 4.21. The van der Waals surface area contributed by atoms with Gasteiger partial charge in [-0.25, -0.2) is 4.79 Å². The highest BCUT2D eigenvalue weighted by molar-refractivity contribution is 5.67. The first-order chi connectivity index (χ1) is 10.8. The number of aliphatic hydroxyl groups is 1. The Hall–Kier alpha value is -1.79. The van der Waals surface area contributed by atoms with Crippen molar-refractivity contribution >= 4 is 11.8 Å². The maximum absolute atomic E-state index is 11.7. The van der Waals surface area contributed by atoms with E-state index in [-0.39, 0.29) is 12.1 Å². The summed E-state index contributed by atoms with van der Waals surface area (Å²) in [5.41, 5.74) is 2.56. The van der Waals surface area contributed by atoms with Crippen molar-refractivity contribution in [1.29, 1.82) is 0 Å². The second-order valence-corrected chi connectivity index (χ2v) is 7.15. The van der Waals surface area contributed by atoms with E-state index < -0.39 is 17.8 Å². The summed E-state index contributed by atoms with van der Waals surface area (Å²) in [5.74, 6) is 0. The first-order valence-corrected chi connectivity index (χ1v) is 7.98. The molecular weight excluding hydrogens is 296 g/mol. The molecule has 1 saturated heterocycles. The van der Waals surface area contributed by atoms with E-state index >= 15 is 0 Å². The number of alkyl carbamates (subject to hydrolysis) is 1. The molecule has 2 aliphatic heterocycles. The lowest BCUT2D eigenvalue weighted by Gasteiger charge is -2.40. The molecule has 1 unspecified atom stereocenters. The first-order valence-electron chi connectivity index (χ1n) is 7.98. The van der Waals surface area contributed by atoms with Crippen molar-refractivity contribution in [3.05, 3.63) is 29.3 Å². The van der Waals surface area contributed by atoms with E-state index in [1.807, 2.05) is 39.0 Å². The highest BCUT2D eigenvalue weighted by Crippen LogP contribution is 2.39. The molecule has 1 aromatic rings. The fraction of sp³-hybridized carbons (Fsp3) is 0.588. The maximum Gasteiger partial charge on any atom is 0.407 e. The topological polar surface area (TPSA) is 79.8 Å². The summed E-state index contributed by atoms with van der Waals surface area (Å²) in [6, 6.07) is 6.02. The summed E-state index contributed by atoms with van der Waals surface area (Å²) in [5, 5.41) is 16.0. The highest BCUT2D eigenvalue weighted by Gasteiger charge is 2.36. The van der Waals surface area contributed by atoms with Gasteiger partial charge in [-0.1, -0.05) is 6.07 Å². The normalized spacial score (nSPS) is 26.0. The molecular formula is C17H24N2O4. The van der Waals surface area contributed by atoms with Crippen molar-refractivity contribution in [2.45, 2.75) is 57.6 Å². The van der Waals surface area contributed by atoms with Crippen molar-refractivity contribution in [2.24, 2.45) is 0 Å². The van der Waals surface area contributed by atoms with Gasteiger partial charge in [-0.2, -0.15) is 0 Å². The zero-order valence-corrected chi connectivity index (χ0v) is 13.8. The van der Waals surface area contributed by atoms with Crippen molar-refractivity contribution in [3.63, 3.8) is 0 Å². The zero-order valence-electron chi connectivity index (χ0n) is 13.8. The molecule has 3 rings (SSSR count). The summed E-state index contributed by atoms with van der Waals surface area (Å²) in [6.07, 6.45) is -0.128. The molecule has 2 aliphatic rings. The van der Waals surface area contributed by atoms with Crippen LogP contribution in [0.2, 0.25) is 0 Å². The predicted octanol–water partition coefficient (Wildman–Crippen LogP) is 2.33.